The van der Waals surface area contributed by atoms with Crippen LogP contribution in [0, 0.1) is 0 Å². The Morgan fingerprint density at radius 1 is 0.431 bits per heavy atom. The molecule has 3 nitrogen and oxygen atoms in total. The SMILES string of the molecule is c1ccc(-c2cc(-c3ccccc3)nc(-c3cccc4sc5cc6c(cc5c34)-c3ccccc3C63c4ccccc4Oc4ccccc43)n2)cc1. The van der Waals surface area contributed by atoms with Crippen LogP contribution in [0.1, 0.15) is 22.3 Å². The molecule has 0 saturated carbocycles. The minimum Gasteiger partial charge on any atom is -0.457 e. The zero-order valence-electron chi connectivity index (χ0n) is 27.4. The highest BCUT2D eigenvalue weighted by Gasteiger charge is 2.51. The van der Waals surface area contributed by atoms with Crippen molar-refractivity contribution in [2.75, 3.05) is 0 Å². The number of fused-ring (bicyclic) bond motifs is 12. The third kappa shape index (κ3) is 4.05. The van der Waals surface area contributed by atoms with Crippen LogP contribution in [-0.2, 0) is 5.41 Å². The summed E-state index contributed by atoms with van der Waals surface area (Å²) in [5, 5.41) is 2.41. The normalized spacial score (nSPS) is 13.4. The molecule has 1 spiro atoms. The van der Waals surface area contributed by atoms with Gasteiger partial charge in [-0.25, -0.2) is 9.97 Å². The number of para-hydroxylation sites is 2. The zero-order chi connectivity index (χ0) is 33.5. The van der Waals surface area contributed by atoms with Gasteiger partial charge in [-0.2, -0.15) is 0 Å². The number of hydrogen-bond donors (Lipinski definition) is 0. The number of hydrogen-bond acceptors (Lipinski definition) is 4. The summed E-state index contributed by atoms with van der Waals surface area (Å²) in [5.41, 5.74) is 11.9. The molecule has 0 saturated heterocycles. The molecule has 0 unspecified atom stereocenters. The van der Waals surface area contributed by atoms with E-state index in [1.165, 1.54) is 53.6 Å². The summed E-state index contributed by atoms with van der Waals surface area (Å²) in [5.74, 6) is 2.54. The van der Waals surface area contributed by atoms with E-state index >= 15 is 0 Å². The van der Waals surface area contributed by atoms with Crippen LogP contribution in [0.5, 0.6) is 11.5 Å². The molecule has 4 heteroatoms. The van der Waals surface area contributed by atoms with Crippen LogP contribution < -0.4 is 4.74 Å². The predicted octanol–water partition coefficient (Wildman–Crippen LogP) is 12.3. The highest BCUT2D eigenvalue weighted by molar-refractivity contribution is 7.26. The number of nitrogens with zero attached hydrogens (tertiary/aromatic N) is 2. The van der Waals surface area contributed by atoms with Crippen LogP contribution in [-0.4, -0.2) is 9.97 Å². The van der Waals surface area contributed by atoms with E-state index in [1.54, 1.807) is 0 Å². The number of thiophene rings is 1. The molecular weight excluding hydrogens is 641 g/mol. The summed E-state index contributed by atoms with van der Waals surface area (Å²) in [6.45, 7) is 0. The molecule has 7 aromatic carbocycles. The first-order valence-corrected chi connectivity index (χ1v) is 18.1. The molecule has 0 radical (unpaired) electrons. The van der Waals surface area contributed by atoms with Gasteiger partial charge in [0.2, 0.25) is 0 Å². The predicted molar refractivity (Wildman–Crippen MR) is 209 cm³/mol. The first-order valence-electron chi connectivity index (χ1n) is 17.2. The quantitative estimate of drug-likeness (QED) is 0.188. The van der Waals surface area contributed by atoms with Crippen LogP contribution in [0.3, 0.4) is 0 Å². The van der Waals surface area contributed by atoms with Crippen molar-refractivity contribution in [2.24, 2.45) is 0 Å². The molecule has 0 atom stereocenters. The molecule has 0 amide bonds. The molecule has 2 aliphatic rings. The Labute approximate surface area is 299 Å². The lowest BCUT2D eigenvalue weighted by atomic mass is 9.66. The zero-order valence-corrected chi connectivity index (χ0v) is 28.2. The molecule has 0 fully saturated rings. The molecule has 0 bridgehead atoms. The molecule has 11 rings (SSSR count). The molecule has 1 aliphatic carbocycles. The Bertz CT molecular complexity index is 2740. The van der Waals surface area contributed by atoms with Gasteiger partial charge in [0.1, 0.15) is 11.5 Å². The summed E-state index contributed by atoms with van der Waals surface area (Å²) in [7, 11) is 0. The van der Waals surface area contributed by atoms with Gasteiger partial charge in [0.25, 0.3) is 0 Å². The Morgan fingerprint density at radius 2 is 1.00 bits per heavy atom. The van der Waals surface area contributed by atoms with Gasteiger partial charge < -0.3 is 4.74 Å². The summed E-state index contributed by atoms with van der Waals surface area (Å²) in [6.07, 6.45) is 0. The molecule has 51 heavy (non-hydrogen) atoms. The van der Waals surface area contributed by atoms with Crippen LogP contribution >= 0.6 is 11.3 Å². The van der Waals surface area contributed by atoms with Gasteiger partial charge in [-0.3, -0.25) is 0 Å². The van der Waals surface area contributed by atoms with Gasteiger partial charge >= 0.3 is 0 Å². The molecule has 0 N–H and O–H groups in total. The second-order valence-electron chi connectivity index (χ2n) is 13.3. The Balaban J connectivity index is 1.20. The van der Waals surface area contributed by atoms with Gasteiger partial charge in [-0.1, -0.05) is 133 Å². The molecule has 9 aromatic rings. The van der Waals surface area contributed by atoms with Crippen LogP contribution in [0.15, 0.2) is 170 Å². The van der Waals surface area contributed by atoms with E-state index in [4.69, 9.17) is 14.7 Å². The van der Waals surface area contributed by atoms with E-state index in [0.29, 0.717) is 0 Å². The van der Waals surface area contributed by atoms with Gasteiger partial charge in [0.05, 0.1) is 16.8 Å². The first kappa shape index (κ1) is 28.5. The molecule has 238 valence electrons. The van der Waals surface area contributed by atoms with Crippen molar-refractivity contribution in [3.63, 3.8) is 0 Å². The van der Waals surface area contributed by atoms with Crippen molar-refractivity contribution in [2.45, 2.75) is 5.41 Å². The monoisotopic (exact) mass is 668 g/mol. The number of aromatic nitrogens is 2. The topological polar surface area (TPSA) is 35.0 Å². The minimum absolute atomic E-state index is 0.498. The van der Waals surface area contributed by atoms with Gasteiger partial charge in [0, 0.05) is 48.0 Å². The molecule has 1 aliphatic heterocycles. The van der Waals surface area contributed by atoms with Crippen LogP contribution in [0.4, 0.5) is 0 Å². The maximum atomic E-state index is 6.57. The van der Waals surface area contributed by atoms with E-state index in [1.807, 2.05) is 23.5 Å². The smallest absolute Gasteiger partial charge is 0.161 e. The lowest BCUT2D eigenvalue weighted by Gasteiger charge is -2.39. The highest BCUT2D eigenvalue weighted by Crippen LogP contribution is 2.63. The largest absolute Gasteiger partial charge is 0.457 e. The Kier molecular flexibility index (Phi) is 6.04. The fourth-order valence-corrected chi connectivity index (χ4v) is 9.59. The maximum Gasteiger partial charge on any atom is 0.161 e. The maximum absolute atomic E-state index is 6.57. The van der Waals surface area contributed by atoms with Gasteiger partial charge in [0.15, 0.2) is 5.82 Å². The standard InChI is InChI=1S/C47H28N2OS/c1-3-14-29(15-4-1)39-28-40(30-16-5-2-6-17-30)49-46(48-39)32-19-13-25-43-45(32)34-26-33-31-18-7-8-20-35(31)47(38(33)27-44(34)51-43)36-21-9-11-23-41(36)50-42-24-12-10-22-37(42)47/h1-28H. The van der Waals surface area contributed by atoms with E-state index in [-0.39, 0.29) is 0 Å². The summed E-state index contributed by atoms with van der Waals surface area (Å²) >= 11 is 1.84. The second kappa shape index (κ2) is 10.8. The van der Waals surface area contributed by atoms with E-state index in [0.717, 1.165) is 45.4 Å². The summed E-state index contributed by atoms with van der Waals surface area (Å²) in [6, 6.07) is 60.3. The van der Waals surface area contributed by atoms with Gasteiger partial charge in [-0.05, 0) is 58.7 Å². The van der Waals surface area contributed by atoms with E-state index in [2.05, 4.69) is 158 Å². The van der Waals surface area contributed by atoms with Crippen LogP contribution in [0.25, 0.3) is 65.2 Å². The third-order valence-electron chi connectivity index (χ3n) is 10.6. The van der Waals surface area contributed by atoms with Crippen molar-refractivity contribution >= 4 is 31.5 Å². The fourth-order valence-electron chi connectivity index (χ4n) is 8.44. The lowest BCUT2D eigenvalue weighted by Crippen LogP contribution is -2.32. The van der Waals surface area contributed by atoms with Crippen molar-refractivity contribution < 1.29 is 4.74 Å². The average molecular weight is 669 g/mol. The fraction of sp³-hybridized carbons (Fsp3) is 0.0213. The van der Waals surface area contributed by atoms with Crippen molar-refractivity contribution in [1.82, 2.24) is 9.97 Å². The lowest BCUT2D eigenvalue weighted by molar-refractivity contribution is 0.436. The van der Waals surface area contributed by atoms with Crippen LogP contribution in [0.2, 0.25) is 0 Å². The highest BCUT2D eigenvalue weighted by atomic mass is 32.1. The van der Waals surface area contributed by atoms with Crippen molar-refractivity contribution in [3.05, 3.63) is 192 Å². The summed E-state index contributed by atoms with van der Waals surface area (Å²) in [4.78, 5) is 10.5. The third-order valence-corrected chi connectivity index (χ3v) is 11.7. The minimum atomic E-state index is -0.498. The van der Waals surface area contributed by atoms with Crippen molar-refractivity contribution in [3.8, 4) is 56.5 Å². The van der Waals surface area contributed by atoms with E-state index < -0.39 is 5.41 Å². The van der Waals surface area contributed by atoms with Gasteiger partial charge in [-0.15, -0.1) is 11.3 Å². The second-order valence-corrected chi connectivity index (χ2v) is 14.3. The van der Waals surface area contributed by atoms with Crippen molar-refractivity contribution in [1.29, 1.82) is 0 Å². The Hall–Kier alpha value is -6.36. The first-order chi connectivity index (χ1) is 25.3. The molecule has 2 aromatic heterocycles. The number of ether oxygens (including phenoxy) is 1. The summed E-state index contributed by atoms with van der Waals surface area (Å²) < 4.78 is 9.03. The molecule has 3 heterocycles. The Morgan fingerprint density at radius 3 is 1.67 bits per heavy atom. The average Bonchev–Trinajstić information content (AvgIpc) is 3.71. The molecular formula is C47H28N2OS. The van der Waals surface area contributed by atoms with E-state index in [9.17, 15) is 0 Å². The number of benzene rings is 7. The number of rotatable bonds is 3.